The molecule has 7 heteroatoms. The largest absolute Gasteiger partial charge is 0.479 e. The maximum atomic E-state index is 12.6. The van der Waals surface area contributed by atoms with Crippen LogP contribution in [0.3, 0.4) is 0 Å². The van der Waals surface area contributed by atoms with E-state index in [1.54, 1.807) is 0 Å². The molecule has 2 N–H and O–H groups in total. The Morgan fingerprint density at radius 2 is 2.00 bits per heavy atom. The second-order valence-electron chi connectivity index (χ2n) is 4.08. The summed E-state index contributed by atoms with van der Waals surface area (Å²) in [6.07, 6.45) is -4.63. The van der Waals surface area contributed by atoms with Crippen molar-refractivity contribution in [1.29, 1.82) is 0 Å². The lowest BCUT2D eigenvalue weighted by molar-refractivity contribution is -0.147. The maximum absolute atomic E-state index is 12.6. The summed E-state index contributed by atoms with van der Waals surface area (Å²) in [5.74, 6) is -2.04. The molecule has 0 fully saturated rings. The molecule has 1 aromatic carbocycles. The molecular weight excluding hydrogens is 274 g/mol. The fraction of sp³-hybridized carbons (Fsp3) is 0.385. The summed E-state index contributed by atoms with van der Waals surface area (Å²) in [6.45, 7) is 0. The van der Waals surface area contributed by atoms with Gasteiger partial charge in [-0.05, 0) is 23.6 Å². The second-order valence-corrected chi connectivity index (χ2v) is 4.08. The van der Waals surface area contributed by atoms with Crippen molar-refractivity contribution < 1.29 is 33.3 Å². The summed E-state index contributed by atoms with van der Waals surface area (Å²) in [4.78, 5) is 21.8. The highest BCUT2D eigenvalue weighted by atomic mass is 19.3. The highest BCUT2D eigenvalue weighted by Crippen LogP contribution is 2.26. The molecule has 0 saturated carbocycles. The molecule has 0 heterocycles. The van der Waals surface area contributed by atoms with E-state index in [9.17, 15) is 23.5 Å². The monoisotopic (exact) mass is 288 g/mol. The molecule has 110 valence electrons. The number of esters is 1. The van der Waals surface area contributed by atoms with E-state index in [-0.39, 0.29) is 29.5 Å². The van der Waals surface area contributed by atoms with E-state index >= 15 is 0 Å². The number of carbonyl (C=O) groups is 2. The van der Waals surface area contributed by atoms with Crippen LogP contribution in [0.2, 0.25) is 0 Å². The average Bonchev–Trinajstić information content (AvgIpc) is 2.43. The zero-order chi connectivity index (χ0) is 15.3. The van der Waals surface area contributed by atoms with Crippen LogP contribution in [0.1, 0.15) is 35.6 Å². The summed E-state index contributed by atoms with van der Waals surface area (Å²) in [6, 6.07) is 3.27. The number of ether oxygens (including phenoxy) is 1. The van der Waals surface area contributed by atoms with Gasteiger partial charge in [0.25, 0.3) is 6.43 Å². The van der Waals surface area contributed by atoms with Crippen LogP contribution in [-0.4, -0.2) is 29.3 Å². The maximum Gasteiger partial charge on any atom is 0.337 e. The normalized spacial score (nSPS) is 12.2. The number of halogens is 2. The van der Waals surface area contributed by atoms with Crippen LogP contribution >= 0.6 is 0 Å². The molecule has 0 bridgehead atoms. The lowest BCUT2D eigenvalue weighted by Crippen LogP contribution is -2.14. The number of hydrogen-bond acceptors (Lipinski definition) is 4. The van der Waals surface area contributed by atoms with Gasteiger partial charge in [-0.1, -0.05) is 12.1 Å². The molecule has 0 amide bonds. The van der Waals surface area contributed by atoms with E-state index in [2.05, 4.69) is 4.74 Å². The first-order chi connectivity index (χ1) is 9.36. The van der Waals surface area contributed by atoms with Gasteiger partial charge in [0.2, 0.25) is 0 Å². The van der Waals surface area contributed by atoms with Crippen LogP contribution in [0.4, 0.5) is 8.78 Å². The Kier molecular flexibility index (Phi) is 5.57. The molecule has 1 aromatic rings. The van der Waals surface area contributed by atoms with E-state index in [4.69, 9.17) is 5.11 Å². The predicted molar refractivity (Wildman–Crippen MR) is 64.3 cm³/mol. The number of rotatable bonds is 6. The average molecular weight is 288 g/mol. The summed E-state index contributed by atoms with van der Waals surface area (Å²) in [7, 11) is 1.19. The van der Waals surface area contributed by atoms with Crippen LogP contribution in [0.5, 0.6) is 0 Å². The minimum Gasteiger partial charge on any atom is -0.479 e. The standard InChI is InChI=1S/C13H14F2O5/c1-20-10(16)5-3-7-6-8(12(14)15)2-4-9(7)11(17)13(18)19/h2,4,6,11-12,17H,3,5H2,1H3,(H,18,19). The Morgan fingerprint density at radius 3 is 2.50 bits per heavy atom. The summed E-state index contributed by atoms with van der Waals surface area (Å²) in [5.41, 5.74) is -0.125. The first kappa shape index (κ1) is 16.0. The molecule has 0 aliphatic heterocycles. The van der Waals surface area contributed by atoms with Crippen LogP contribution in [0.15, 0.2) is 18.2 Å². The smallest absolute Gasteiger partial charge is 0.337 e. The van der Waals surface area contributed by atoms with Crippen molar-refractivity contribution in [2.24, 2.45) is 0 Å². The molecule has 0 spiro atoms. The molecule has 0 aliphatic carbocycles. The second kappa shape index (κ2) is 6.95. The third-order valence-electron chi connectivity index (χ3n) is 2.77. The number of carboxylic acid groups (broad SMARTS) is 1. The van der Waals surface area contributed by atoms with E-state index < -0.39 is 24.5 Å². The van der Waals surface area contributed by atoms with Crippen LogP contribution in [0.25, 0.3) is 0 Å². The third kappa shape index (κ3) is 3.99. The predicted octanol–water partition coefficient (Wildman–Crippen LogP) is 1.85. The van der Waals surface area contributed by atoms with Gasteiger partial charge in [-0.15, -0.1) is 0 Å². The number of aliphatic carboxylic acids is 1. The number of benzene rings is 1. The summed E-state index contributed by atoms with van der Waals surface area (Å²) < 4.78 is 29.7. The molecular formula is C13H14F2O5. The van der Waals surface area contributed by atoms with Gasteiger partial charge in [0, 0.05) is 12.0 Å². The minimum absolute atomic E-state index is 0.00685. The van der Waals surface area contributed by atoms with Gasteiger partial charge >= 0.3 is 11.9 Å². The van der Waals surface area contributed by atoms with Crippen LogP contribution in [-0.2, 0) is 20.7 Å². The van der Waals surface area contributed by atoms with E-state index in [0.717, 1.165) is 18.2 Å². The van der Waals surface area contributed by atoms with Gasteiger partial charge in [-0.25, -0.2) is 13.6 Å². The Balaban J connectivity index is 3.09. The Bertz CT molecular complexity index is 502. The van der Waals surface area contributed by atoms with E-state index in [1.807, 2.05) is 0 Å². The van der Waals surface area contributed by atoms with Gasteiger partial charge in [0.05, 0.1) is 7.11 Å². The molecule has 1 unspecified atom stereocenters. The summed E-state index contributed by atoms with van der Waals surface area (Å²) in [5, 5.41) is 18.3. The molecule has 0 aliphatic rings. The molecule has 5 nitrogen and oxygen atoms in total. The lowest BCUT2D eigenvalue weighted by atomic mass is 9.96. The topological polar surface area (TPSA) is 83.8 Å². The number of aliphatic hydroxyl groups excluding tert-OH is 1. The van der Waals surface area contributed by atoms with Crippen molar-refractivity contribution in [1.82, 2.24) is 0 Å². The highest BCUT2D eigenvalue weighted by Gasteiger charge is 2.21. The van der Waals surface area contributed by atoms with E-state index in [1.165, 1.54) is 7.11 Å². The van der Waals surface area contributed by atoms with Crippen LogP contribution in [0, 0.1) is 0 Å². The quantitative estimate of drug-likeness (QED) is 0.780. The van der Waals surface area contributed by atoms with Crippen LogP contribution < -0.4 is 0 Å². The number of aryl methyl sites for hydroxylation is 1. The van der Waals surface area contributed by atoms with Crippen molar-refractivity contribution in [3.05, 3.63) is 34.9 Å². The van der Waals surface area contributed by atoms with Crippen molar-refractivity contribution in [2.45, 2.75) is 25.4 Å². The fourth-order valence-electron chi connectivity index (χ4n) is 1.72. The Morgan fingerprint density at radius 1 is 1.35 bits per heavy atom. The van der Waals surface area contributed by atoms with Gasteiger partial charge < -0.3 is 14.9 Å². The highest BCUT2D eigenvalue weighted by molar-refractivity contribution is 5.75. The van der Waals surface area contributed by atoms with Crippen molar-refractivity contribution in [3.8, 4) is 0 Å². The summed E-state index contributed by atoms with van der Waals surface area (Å²) >= 11 is 0. The number of alkyl halides is 2. The lowest BCUT2D eigenvalue weighted by Gasteiger charge is -2.14. The van der Waals surface area contributed by atoms with Gasteiger partial charge in [-0.2, -0.15) is 0 Å². The molecule has 0 saturated heterocycles. The molecule has 0 radical (unpaired) electrons. The first-order valence-corrected chi connectivity index (χ1v) is 5.75. The molecule has 20 heavy (non-hydrogen) atoms. The number of carbonyl (C=O) groups excluding carboxylic acids is 1. The number of hydrogen-bond donors (Lipinski definition) is 2. The molecule has 1 rings (SSSR count). The van der Waals surface area contributed by atoms with Crippen molar-refractivity contribution in [3.63, 3.8) is 0 Å². The van der Waals surface area contributed by atoms with E-state index in [0.29, 0.717) is 0 Å². The van der Waals surface area contributed by atoms with Crippen molar-refractivity contribution >= 4 is 11.9 Å². The Labute approximate surface area is 113 Å². The zero-order valence-electron chi connectivity index (χ0n) is 10.7. The van der Waals surface area contributed by atoms with Gasteiger partial charge in [0.1, 0.15) is 0 Å². The SMILES string of the molecule is COC(=O)CCc1cc(C(F)F)ccc1C(O)C(=O)O. The number of aliphatic hydroxyl groups is 1. The Hall–Kier alpha value is -2.02. The number of methoxy groups -OCH3 is 1. The molecule has 1 atom stereocenters. The first-order valence-electron chi connectivity index (χ1n) is 5.75. The van der Waals surface area contributed by atoms with Crippen molar-refractivity contribution in [2.75, 3.05) is 7.11 Å². The fourth-order valence-corrected chi connectivity index (χ4v) is 1.72. The van der Waals surface area contributed by atoms with Gasteiger partial charge in [-0.3, -0.25) is 4.79 Å². The minimum atomic E-state index is -2.72. The number of carboxylic acids is 1. The zero-order valence-corrected chi connectivity index (χ0v) is 10.7. The molecule has 0 aromatic heterocycles. The third-order valence-corrected chi connectivity index (χ3v) is 2.77. The van der Waals surface area contributed by atoms with Gasteiger partial charge in [0.15, 0.2) is 6.10 Å².